The van der Waals surface area contributed by atoms with Crippen LogP contribution in [0.15, 0.2) is 23.4 Å². The first-order valence-corrected chi connectivity index (χ1v) is 7.65. The van der Waals surface area contributed by atoms with Crippen molar-refractivity contribution in [2.75, 3.05) is 6.54 Å². The van der Waals surface area contributed by atoms with Gasteiger partial charge in [0.25, 0.3) is 10.0 Å². The molecule has 0 saturated carbocycles. The Hall–Kier alpha value is -0.860. The smallest absolute Gasteiger partial charge is 0.243 e. The maximum absolute atomic E-state index is 12.5. The predicted octanol–water partition coefficient (Wildman–Crippen LogP) is 2.78. The van der Waals surface area contributed by atoms with E-state index in [0.717, 1.165) is 6.07 Å². The average Bonchev–Trinajstić information content (AvgIpc) is 2.34. The number of sulfonamides is 1. The van der Waals surface area contributed by atoms with E-state index in [1.165, 1.54) is 26.1 Å². The molecule has 0 atom stereocenters. The minimum atomic E-state index is -4.62. The average molecular weight is 331 g/mol. The number of halogens is 4. The Labute approximate surface area is 120 Å². The van der Waals surface area contributed by atoms with Crippen LogP contribution in [-0.2, 0) is 15.9 Å². The van der Waals surface area contributed by atoms with Gasteiger partial charge in [0.05, 0.1) is 0 Å². The molecule has 1 heterocycles. The zero-order valence-corrected chi connectivity index (χ0v) is 12.4. The van der Waals surface area contributed by atoms with Gasteiger partial charge in [-0.1, -0.05) is 6.07 Å². The summed E-state index contributed by atoms with van der Waals surface area (Å²) in [6.07, 6.45) is -3.39. The fourth-order valence-corrected chi connectivity index (χ4v) is 3.18. The van der Waals surface area contributed by atoms with Crippen molar-refractivity contribution in [3.63, 3.8) is 0 Å². The largest absolute Gasteiger partial charge is 0.402 e. The van der Waals surface area contributed by atoms with Gasteiger partial charge < -0.3 is 0 Å². The van der Waals surface area contributed by atoms with Crippen LogP contribution >= 0.6 is 11.6 Å². The molecule has 1 aromatic heterocycles. The van der Waals surface area contributed by atoms with Crippen molar-refractivity contribution in [2.45, 2.75) is 37.0 Å². The molecule has 1 rings (SSSR count). The van der Waals surface area contributed by atoms with Gasteiger partial charge in [-0.2, -0.15) is 17.5 Å². The van der Waals surface area contributed by atoms with Crippen molar-refractivity contribution in [3.8, 4) is 0 Å². The molecule has 0 N–H and O–H groups in total. The third-order valence-electron chi connectivity index (χ3n) is 2.44. The van der Waals surface area contributed by atoms with Gasteiger partial charge in [-0.05, 0) is 25.5 Å². The van der Waals surface area contributed by atoms with Crippen molar-refractivity contribution in [1.29, 1.82) is 0 Å². The summed E-state index contributed by atoms with van der Waals surface area (Å²) in [5.74, 6) is 0.143. The molecule has 114 valence electrons. The van der Waals surface area contributed by atoms with E-state index < -0.39 is 33.8 Å². The first-order chi connectivity index (χ1) is 9.08. The molecule has 0 aliphatic rings. The van der Waals surface area contributed by atoms with Gasteiger partial charge >= 0.3 is 6.18 Å². The minimum Gasteiger partial charge on any atom is -0.243 e. The zero-order valence-electron chi connectivity index (χ0n) is 10.9. The molecule has 0 radical (unpaired) electrons. The molecule has 0 aliphatic heterocycles. The van der Waals surface area contributed by atoms with Gasteiger partial charge in [-0.15, -0.1) is 11.6 Å². The SMILES string of the molecule is CC(C)N(CC(F)(F)F)S(=O)(=O)c1ccc(CCl)cn1. The summed E-state index contributed by atoms with van der Waals surface area (Å²) in [4.78, 5) is 3.67. The quantitative estimate of drug-likeness (QED) is 0.780. The van der Waals surface area contributed by atoms with Crippen LogP contribution in [0.1, 0.15) is 19.4 Å². The Morgan fingerprint density at radius 1 is 1.35 bits per heavy atom. The van der Waals surface area contributed by atoms with Crippen LogP contribution in [0.5, 0.6) is 0 Å². The van der Waals surface area contributed by atoms with Crippen molar-refractivity contribution < 1.29 is 21.6 Å². The van der Waals surface area contributed by atoms with Crippen LogP contribution in [0.25, 0.3) is 0 Å². The number of alkyl halides is 4. The summed E-state index contributed by atoms with van der Waals surface area (Å²) < 4.78 is 62.2. The molecule has 0 bridgehead atoms. The molecule has 0 aliphatic carbocycles. The Morgan fingerprint density at radius 3 is 2.30 bits per heavy atom. The van der Waals surface area contributed by atoms with E-state index in [1.807, 2.05) is 0 Å². The van der Waals surface area contributed by atoms with Crippen molar-refractivity contribution in [3.05, 3.63) is 23.9 Å². The third-order valence-corrected chi connectivity index (χ3v) is 4.68. The summed E-state index contributed by atoms with van der Waals surface area (Å²) >= 11 is 5.55. The topological polar surface area (TPSA) is 50.3 Å². The highest BCUT2D eigenvalue weighted by atomic mass is 35.5. The summed E-state index contributed by atoms with van der Waals surface area (Å²) in [7, 11) is -4.30. The highest BCUT2D eigenvalue weighted by Gasteiger charge is 2.38. The molecule has 9 heteroatoms. The van der Waals surface area contributed by atoms with E-state index in [0.29, 0.717) is 9.87 Å². The van der Waals surface area contributed by atoms with E-state index in [-0.39, 0.29) is 5.88 Å². The number of hydrogen-bond acceptors (Lipinski definition) is 3. The lowest BCUT2D eigenvalue weighted by atomic mass is 10.3. The molecule has 0 unspecified atom stereocenters. The van der Waals surface area contributed by atoms with Crippen molar-refractivity contribution in [1.82, 2.24) is 9.29 Å². The second-order valence-electron chi connectivity index (χ2n) is 4.40. The fraction of sp³-hybridized carbons (Fsp3) is 0.545. The number of nitrogens with zero attached hydrogens (tertiary/aromatic N) is 2. The van der Waals surface area contributed by atoms with Crippen LogP contribution in [-0.4, -0.2) is 36.5 Å². The number of hydrogen-bond donors (Lipinski definition) is 0. The first kappa shape index (κ1) is 17.2. The van der Waals surface area contributed by atoms with E-state index in [9.17, 15) is 21.6 Å². The molecule has 0 saturated heterocycles. The summed E-state index contributed by atoms with van der Waals surface area (Å²) in [6, 6.07) is 1.73. The minimum absolute atomic E-state index is 0.143. The van der Waals surface area contributed by atoms with Crippen LogP contribution in [0.4, 0.5) is 13.2 Å². The summed E-state index contributed by atoms with van der Waals surface area (Å²) in [5, 5.41) is -0.427. The van der Waals surface area contributed by atoms with Crippen molar-refractivity contribution >= 4 is 21.6 Å². The summed E-state index contributed by atoms with van der Waals surface area (Å²) in [6.45, 7) is 1.19. The van der Waals surface area contributed by atoms with E-state index >= 15 is 0 Å². The van der Waals surface area contributed by atoms with E-state index in [1.54, 1.807) is 0 Å². The highest BCUT2D eigenvalue weighted by Crippen LogP contribution is 2.24. The lowest BCUT2D eigenvalue weighted by Crippen LogP contribution is -2.43. The second-order valence-corrected chi connectivity index (χ2v) is 6.50. The Bertz CT molecular complexity index is 544. The molecular weight excluding hydrogens is 317 g/mol. The maximum atomic E-state index is 12.5. The standard InChI is InChI=1S/C11H14ClF3N2O2S/c1-8(2)17(7-11(13,14)15)20(18,19)10-4-3-9(5-12)6-16-10/h3-4,6,8H,5,7H2,1-2H3. The van der Waals surface area contributed by atoms with Gasteiger partial charge in [0, 0.05) is 18.1 Å². The monoisotopic (exact) mass is 330 g/mol. The number of rotatable bonds is 5. The molecule has 0 aromatic carbocycles. The molecule has 4 nitrogen and oxygen atoms in total. The first-order valence-electron chi connectivity index (χ1n) is 5.67. The van der Waals surface area contributed by atoms with E-state index in [2.05, 4.69) is 4.98 Å². The Balaban J connectivity index is 3.15. The van der Waals surface area contributed by atoms with Gasteiger partial charge in [0.1, 0.15) is 6.54 Å². The molecule has 0 spiro atoms. The maximum Gasteiger partial charge on any atom is 0.402 e. The van der Waals surface area contributed by atoms with Gasteiger partial charge in [-0.25, -0.2) is 13.4 Å². The molecule has 1 aromatic rings. The zero-order chi connectivity index (χ0) is 15.6. The molecule has 20 heavy (non-hydrogen) atoms. The van der Waals surface area contributed by atoms with Gasteiger partial charge in [-0.3, -0.25) is 0 Å². The second kappa shape index (κ2) is 6.28. The van der Waals surface area contributed by atoms with E-state index in [4.69, 9.17) is 11.6 Å². The van der Waals surface area contributed by atoms with Crippen LogP contribution < -0.4 is 0 Å². The predicted molar refractivity (Wildman–Crippen MR) is 68.9 cm³/mol. The van der Waals surface area contributed by atoms with Crippen molar-refractivity contribution in [2.24, 2.45) is 0 Å². The van der Waals surface area contributed by atoms with Crippen LogP contribution in [0.3, 0.4) is 0 Å². The van der Waals surface area contributed by atoms with Gasteiger partial charge in [0.15, 0.2) is 5.03 Å². The lowest BCUT2D eigenvalue weighted by Gasteiger charge is -2.26. The molecule has 0 amide bonds. The Morgan fingerprint density at radius 2 is 1.95 bits per heavy atom. The lowest BCUT2D eigenvalue weighted by molar-refractivity contribution is -0.138. The Kier molecular flexibility index (Phi) is 5.39. The highest BCUT2D eigenvalue weighted by molar-refractivity contribution is 7.89. The fourth-order valence-electron chi connectivity index (χ4n) is 1.48. The molecular formula is C11H14ClF3N2O2S. The van der Waals surface area contributed by atoms with Gasteiger partial charge in [0.2, 0.25) is 0 Å². The van der Waals surface area contributed by atoms with Crippen LogP contribution in [0.2, 0.25) is 0 Å². The van der Waals surface area contributed by atoms with Crippen LogP contribution in [0, 0.1) is 0 Å². The number of pyridine rings is 1. The third kappa shape index (κ3) is 4.32. The summed E-state index contributed by atoms with van der Waals surface area (Å²) in [5.41, 5.74) is 0.581. The number of aromatic nitrogens is 1. The molecule has 0 fully saturated rings. The normalized spacial score (nSPS) is 13.2.